The maximum absolute atomic E-state index is 5.08. The molecule has 5 fully saturated rings. The van der Waals surface area contributed by atoms with Crippen LogP contribution in [0.3, 0.4) is 0 Å². The van der Waals surface area contributed by atoms with E-state index in [1.54, 1.807) is 0 Å². The third kappa shape index (κ3) is 16.4. The smallest absolute Gasteiger partial charge is 0.165 e. The molecule has 0 aliphatic carbocycles. The van der Waals surface area contributed by atoms with E-state index in [0.717, 1.165) is 39.8 Å². The van der Waals surface area contributed by atoms with Crippen molar-refractivity contribution in [1.82, 2.24) is 0 Å². The largest absolute Gasteiger partial charge is 0.468 e. The number of hydrogen-bond acceptors (Lipinski definition) is 2. The number of likely N-dealkylation sites (tertiary alicyclic amines) is 3. The van der Waals surface area contributed by atoms with Gasteiger partial charge >= 0.3 is 0 Å². The standard InChI is InChI=1S/C6H13N.C5H11NO.C5H11N.C4H9N.C3H7NO/c1-7-5-3-2-4-6-7;1-6-2-4-7-5-3-6;1-6-4-2-3-5-6;1-5-3-2-4-5;1-4-2-5-3-4/h7H,1-6H2;6H,1-5H2;6H,1-5H2;5H,1-4H2;4H,1-3H2. The van der Waals surface area contributed by atoms with E-state index in [1.165, 1.54) is 102 Å². The van der Waals surface area contributed by atoms with Crippen LogP contribution in [0.2, 0.25) is 0 Å². The summed E-state index contributed by atoms with van der Waals surface area (Å²) in [6.45, 7) is 13.2. The average molecular weight is 430 g/mol. The lowest BCUT2D eigenvalue weighted by Gasteiger charge is -2.28. The van der Waals surface area contributed by atoms with Crippen LogP contribution in [0.4, 0.5) is 0 Å². The Hall–Kier alpha value is -0.280. The molecule has 5 aliphatic heterocycles. The van der Waals surface area contributed by atoms with Gasteiger partial charge < -0.3 is 29.2 Å². The second-order valence-corrected chi connectivity index (χ2v) is 8.98. The highest BCUT2D eigenvalue weighted by Crippen LogP contribution is 1.93. The predicted molar refractivity (Wildman–Crippen MR) is 120 cm³/mol. The summed E-state index contributed by atoms with van der Waals surface area (Å²) in [5, 5.41) is 0. The molecule has 0 unspecified atom stereocenters. The molecule has 0 bridgehead atoms. The lowest BCUT2D eigenvalue weighted by atomic mass is 10.1. The number of piperidine rings is 1. The monoisotopic (exact) mass is 429 g/mol. The van der Waals surface area contributed by atoms with Gasteiger partial charge in [0.05, 0.1) is 65.6 Å². The second kappa shape index (κ2) is 18.3. The van der Waals surface area contributed by atoms with Crippen molar-refractivity contribution in [2.45, 2.75) is 38.5 Å². The third-order valence-corrected chi connectivity index (χ3v) is 5.74. The Labute approximate surface area is 187 Å². The summed E-state index contributed by atoms with van der Waals surface area (Å²) in [7, 11) is 19.0. The normalized spacial score (nSPS) is 25.5. The SMILES string of the molecule is [CH2-][NH+]1CCC1.[CH2-][NH+]1CCCC1.[CH2-][NH+]1CCCCC1.[CH2-][NH+]1CCOCC1.[CH2-][NH+]1COC1. The van der Waals surface area contributed by atoms with E-state index in [4.69, 9.17) is 9.47 Å². The Balaban J connectivity index is 0.000000189. The molecule has 0 aromatic rings. The van der Waals surface area contributed by atoms with E-state index < -0.39 is 0 Å². The minimum atomic E-state index is 0.792. The number of rotatable bonds is 0. The summed E-state index contributed by atoms with van der Waals surface area (Å²) < 4.78 is 9.81. The highest BCUT2D eigenvalue weighted by atomic mass is 16.5. The molecule has 0 aromatic carbocycles. The van der Waals surface area contributed by atoms with Crippen molar-refractivity contribution in [3.63, 3.8) is 0 Å². The van der Waals surface area contributed by atoms with Gasteiger partial charge in [0, 0.05) is 6.42 Å². The maximum Gasteiger partial charge on any atom is 0.165 e. The highest BCUT2D eigenvalue weighted by Gasteiger charge is 2.05. The van der Waals surface area contributed by atoms with Crippen molar-refractivity contribution in [2.24, 2.45) is 0 Å². The molecule has 5 aliphatic rings. The molecule has 5 N–H and O–H groups in total. The van der Waals surface area contributed by atoms with Gasteiger partial charge in [0.25, 0.3) is 0 Å². The van der Waals surface area contributed by atoms with Crippen LogP contribution in [0.5, 0.6) is 0 Å². The summed E-state index contributed by atoms with van der Waals surface area (Å²) >= 11 is 0. The number of morpholine rings is 1. The summed E-state index contributed by atoms with van der Waals surface area (Å²) in [6.07, 6.45) is 8.37. The Bertz CT molecular complexity index is 335. The molecule has 7 heteroatoms. The molecule has 5 rings (SSSR count). The number of nitrogens with one attached hydrogen (secondary N) is 5. The Morgan fingerprint density at radius 1 is 0.367 bits per heavy atom. The molecule has 0 amide bonds. The van der Waals surface area contributed by atoms with Crippen LogP contribution in [0, 0.1) is 35.2 Å². The van der Waals surface area contributed by atoms with Crippen LogP contribution in [0.15, 0.2) is 0 Å². The summed E-state index contributed by atoms with van der Waals surface area (Å²) in [5.41, 5.74) is 0. The molecular formula is C23H51N5O2. The van der Waals surface area contributed by atoms with Crippen LogP contribution in [0.25, 0.3) is 0 Å². The van der Waals surface area contributed by atoms with Gasteiger partial charge in [-0.15, -0.1) is 7.05 Å². The zero-order valence-corrected chi connectivity index (χ0v) is 19.6. The van der Waals surface area contributed by atoms with Crippen molar-refractivity contribution >= 4 is 0 Å². The third-order valence-electron chi connectivity index (χ3n) is 5.74. The maximum atomic E-state index is 5.08. The van der Waals surface area contributed by atoms with Gasteiger partial charge in [0.15, 0.2) is 13.5 Å². The van der Waals surface area contributed by atoms with Crippen molar-refractivity contribution in [3.05, 3.63) is 35.2 Å². The molecule has 7 nitrogen and oxygen atoms in total. The van der Waals surface area contributed by atoms with Gasteiger partial charge in [-0.1, -0.05) is 0 Å². The van der Waals surface area contributed by atoms with Crippen LogP contribution in [-0.4, -0.2) is 79.0 Å². The van der Waals surface area contributed by atoms with Crippen molar-refractivity contribution in [2.75, 3.05) is 79.0 Å². The van der Waals surface area contributed by atoms with E-state index in [9.17, 15) is 0 Å². The summed E-state index contributed by atoms with van der Waals surface area (Å²) in [5.74, 6) is 0. The van der Waals surface area contributed by atoms with Gasteiger partial charge in [0.2, 0.25) is 0 Å². The fourth-order valence-electron chi connectivity index (χ4n) is 3.26. The molecule has 0 atom stereocenters. The first kappa shape index (κ1) is 27.8. The molecule has 180 valence electrons. The first-order chi connectivity index (χ1) is 14.5. The van der Waals surface area contributed by atoms with E-state index >= 15 is 0 Å². The minimum Gasteiger partial charge on any atom is -0.468 e. The van der Waals surface area contributed by atoms with Crippen molar-refractivity contribution < 1.29 is 34.0 Å². The minimum absolute atomic E-state index is 0.792. The van der Waals surface area contributed by atoms with Crippen LogP contribution in [0.1, 0.15) is 38.5 Å². The zero-order chi connectivity index (χ0) is 22.0. The molecular weight excluding hydrogens is 378 g/mol. The first-order valence-corrected chi connectivity index (χ1v) is 12.0. The Kier molecular flexibility index (Phi) is 16.9. The van der Waals surface area contributed by atoms with Gasteiger partial charge in [-0.3, -0.25) is 4.74 Å². The van der Waals surface area contributed by atoms with Crippen molar-refractivity contribution in [3.8, 4) is 0 Å². The van der Waals surface area contributed by atoms with Crippen LogP contribution < -0.4 is 24.5 Å². The summed E-state index contributed by atoms with van der Waals surface area (Å²) in [4.78, 5) is 6.91. The Morgan fingerprint density at radius 3 is 0.867 bits per heavy atom. The van der Waals surface area contributed by atoms with Crippen LogP contribution in [-0.2, 0) is 9.47 Å². The molecule has 0 spiro atoms. The van der Waals surface area contributed by atoms with Gasteiger partial charge in [-0.05, 0) is 32.1 Å². The zero-order valence-electron chi connectivity index (χ0n) is 19.6. The van der Waals surface area contributed by atoms with E-state index in [1.807, 2.05) is 0 Å². The molecule has 0 radical (unpaired) electrons. The average Bonchev–Trinajstić information content (AvgIpc) is 3.19. The van der Waals surface area contributed by atoms with Gasteiger partial charge in [-0.2, -0.15) is 28.2 Å². The lowest BCUT2D eigenvalue weighted by Crippen LogP contribution is -3.14. The van der Waals surface area contributed by atoms with Gasteiger partial charge in [0.1, 0.15) is 0 Å². The highest BCUT2D eigenvalue weighted by molar-refractivity contribution is 4.44. The van der Waals surface area contributed by atoms with E-state index in [-0.39, 0.29) is 0 Å². The summed E-state index contributed by atoms with van der Waals surface area (Å²) in [6, 6.07) is 0. The Morgan fingerprint density at radius 2 is 0.700 bits per heavy atom. The fourth-order valence-corrected chi connectivity index (χ4v) is 3.26. The predicted octanol–water partition coefficient (Wildman–Crippen LogP) is -4.33. The van der Waals surface area contributed by atoms with Crippen molar-refractivity contribution in [1.29, 1.82) is 0 Å². The quantitative estimate of drug-likeness (QED) is 0.253. The molecule has 5 heterocycles. The number of ether oxygens (including phenoxy) is 2. The number of hydrogen-bond donors (Lipinski definition) is 5. The second-order valence-electron chi connectivity index (χ2n) is 8.98. The molecule has 5 saturated heterocycles. The van der Waals surface area contributed by atoms with Gasteiger partial charge in [-0.25, -0.2) is 0 Å². The number of quaternary nitrogens is 5. The molecule has 30 heavy (non-hydrogen) atoms. The molecule has 0 aromatic heterocycles. The molecule has 0 saturated carbocycles. The topological polar surface area (TPSA) is 40.7 Å². The van der Waals surface area contributed by atoms with E-state index in [0.29, 0.717) is 0 Å². The lowest BCUT2D eigenvalue weighted by molar-refractivity contribution is -0.966. The van der Waals surface area contributed by atoms with Crippen LogP contribution >= 0.6 is 0 Å². The first-order valence-electron chi connectivity index (χ1n) is 12.0. The van der Waals surface area contributed by atoms with E-state index in [2.05, 4.69) is 35.2 Å². The fraction of sp³-hybridized carbons (Fsp3) is 0.783.